The Morgan fingerprint density at radius 2 is 2.26 bits per heavy atom. The SMILES string of the molecule is COc1cc(N)ccc1C(=O)NCCc1cccs1. The summed E-state index contributed by atoms with van der Waals surface area (Å²) in [5.74, 6) is 0.349. The molecule has 0 atom stereocenters. The third-order valence-corrected chi connectivity index (χ3v) is 3.64. The average Bonchev–Trinajstić information content (AvgIpc) is 2.91. The van der Waals surface area contributed by atoms with Crippen LogP contribution in [0.15, 0.2) is 35.7 Å². The molecule has 4 nitrogen and oxygen atoms in total. The predicted octanol–water partition coefficient (Wildman–Crippen LogP) is 2.31. The number of ether oxygens (including phenoxy) is 1. The van der Waals surface area contributed by atoms with Gasteiger partial charge in [0.2, 0.25) is 0 Å². The molecule has 0 fully saturated rings. The number of carbonyl (C=O) groups excluding carboxylic acids is 1. The first-order valence-electron chi connectivity index (χ1n) is 5.95. The summed E-state index contributed by atoms with van der Waals surface area (Å²) >= 11 is 1.69. The highest BCUT2D eigenvalue weighted by atomic mass is 32.1. The molecule has 19 heavy (non-hydrogen) atoms. The molecule has 1 aromatic carbocycles. The Morgan fingerprint density at radius 3 is 2.95 bits per heavy atom. The second-order valence-electron chi connectivity index (χ2n) is 4.04. The van der Waals surface area contributed by atoms with Crippen molar-refractivity contribution in [1.82, 2.24) is 5.32 Å². The summed E-state index contributed by atoms with van der Waals surface area (Å²) < 4.78 is 5.16. The summed E-state index contributed by atoms with van der Waals surface area (Å²) in [6.07, 6.45) is 0.834. The molecule has 0 saturated carbocycles. The summed E-state index contributed by atoms with van der Waals surface area (Å²) in [6.45, 7) is 0.604. The number of thiophene rings is 1. The molecule has 0 saturated heterocycles. The van der Waals surface area contributed by atoms with E-state index in [1.807, 2.05) is 11.4 Å². The minimum absolute atomic E-state index is 0.145. The normalized spacial score (nSPS) is 10.2. The first-order chi connectivity index (χ1) is 9.20. The van der Waals surface area contributed by atoms with Crippen molar-refractivity contribution in [2.24, 2.45) is 0 Å². The lowest BCUT2D eigenvalue weighted by Crippen LogP contribution is -2.26. The summed E-state index contributed by atoms with van der Waals surface area (Å²) in [7, 11) is 1.53. The molecular weight excluding hydrogens is 260 g/mol. The number of amides is 1. The van der Waals surface area contributed by atoms with E-state index in [1.54, 1.807) is 29.5 Å². The highest BCUT2D eigenvalue weighted by molar-refractivity contribution is 7.09. The van der Waals surface area contributed by atoms with Crippen LogP contribution in [0.4, 0.5) is 5.69 Å². The molecule has 0 unspecified atom stereocenters. The van der Waals surface area contributed by atoms with Gasteiger partial charge in [-0.15, -0.1) is 11.3 Å². The lowest BCUT2D eigenvalue weighted by Gasteiger charge is -2.09. The first kappa shape index (κ1) is 13.4. The number of rotatable bonds is 5. The van der Waals surface area contributed by atoms with Gasteiger partial charge in [0.05, 0.1) is 12.7 Å². The van der Waals surface area contributed by atoms with Crippen LogP contribution in [-0.4, -0.2) is 19.6 Å². The van der Waals surface area contributed by atoms with E-state index in [4.69, 9.17) is 10.5 Å². The van der Waals surface area contributed by atoms with Crippen molar-refractivity contribution < 1.29 is 9.53 Å². The van der Waals surface area contributed by atoms with Crippen LogP contribution in [0, 0.1) is 0 Å². The Kier molecular flexibility index (Phi) is 4.41. The number of hydrogen-bond donors (Lipinski definition) is 2. The van der Waals surface area contributed by atoms with Gasteiger partial charge in [-0.2, -0.15) is 0 Å². The van der Waals surface area contributed by atoms with Gasteiger partial charge in [-0.1, -0.05) is 6.07 Å². The number of benzene rings is 1. The fourth-order valence-corrected chi connectivity index (χ4v) is 2.45. The third kappa shape index (κ3) is 3.48. The molecule has 0 radical (unpaired) electrons. The van der Waals surface area contributed by atoms with Crippen LogP contribution in [0.25, 0.3) is 0 Å². The van der Waals surface area contributed by atoms with Gasteiger partial charge in [0.1, 0.15) is 5.75 Å². The van der Waals surface area contributed by atoms with Crippen molar-refractivity contribution >= 4 is 22.9 Å². The second kappa shape index (κ2) is 6.24. The van der Waals surface area contributed by atoms with Crippen LogP contribution in [-0.2, 0) is 6.42 Å². The quantitative estimate of drug-likeness (QED) is 0.824. The summed E-state index contributed by atoms with van der Waals surface area (Å²) in [5.41, 5.74) is 6.74. The maximum absolute atomic E-state index is 12.0. The topological polar surface area (TPSA) is 64.3 Å². The van der Waals surface area contributed by atoms with E-state index in [0.29, 0.717) is 23.5 Å². The molecule has 1 aromatic heterocycles. The molecular formula is C14H16N2O2S. The summed E-state index contributed by atoms with van der Waals surface area (Å²) in [4.78, 5) is 13.3. The molecule has 1 heterocycles. The molecule has 0 aliphatic rings. The average molecular weight is 276 g/mol. The molecule has 2 rings (SSSR count). The zero-order valence-electron chi connectivity index (χ0n) is 10.7. The molecule has 3 N–H and O–H groups in total. The van der Waals surface area contributed by atoms with Crippen molar-refractivity contribution in [2.45, 2.75) is 6.42 Å². The van der Waals surface area contributed by atoms with E-state index in [0.717, 1.165) is 6.42 Å². The van der Waals surface area contributed by atoms with E-state index in [-0.39, 0.29) is 5.91 Å². The zero-order chi connectivity index (χ0) is 13.7. The van der Waals surface area contributed by atoms with Gasteiger partial charge in [0, 0.05) is 23.2 Å². The number of nitrogen functional groups attached to an aromatic ring is 1. The van der Waals surface area contributed by atoms with Crippen molar-refractivity contribution in [2.75, 3.05) is 19.4 Å². The third-order valence-electron chi connectivity index (χ3n) is 2.71. The highest BCUT2D eigenvalue weighted by Crippen LogP contribution is 2.21. The Labute approximate surface area is 116 Å². The molecule has 1 amide bonds. The molecule has 0 bridgehead atoms. The van der Waals surface area contributed by atoms with Gasteiger partial charge in [-0.25, -0.2) is 0 Å². The number of nitrogens with two attached hydrogens (primary N) is 1. The van der Waals surface area contributed by atoms with E-state index in [9.17, 15) is 4.79 Å². The lowest BCUT2D eigenvalue weighted by atomic mass is 10.1. The van der Waals surface area contributed by atoms with Gasteiger partial charge in [-0.05, 0) is 30.0 Å². The Balaban J connectivity index is 1.96. The standard InChI is InChI=1S/C14H16N2O2S/c1-18-13-9-10(15)4-5-12(13)14(17)16-7-6-11-3-2-8-19-11/h2-5,8-9H,6-7,15H2,1H3,(H,16,17). The monoisotopic (exact) mass is 276 g/mol. The van der Waals surface area contributed by atoms with E-state index in [2.05, 4.69) is 11.4 Å². The molecule has 0 aliphatic heterocycles. The minimum Gasteiger partial charge on any atom is -0.496 e. The number of hydrogen-bond acceptors (Lipinski definition) is 4. The van der Waals surface area contributed by atoms with E-state index in [1.165, 1.54) is 12.0 Å². The van der Waals surface area contributed by atoms with E-state index < -0.39 is 0 Å². The maximum Gasteiger partial charge on any atom is 0.255 e. The molecule has 100 valence electrons. The van der Waals surface area contributed by atoms with Gasteiger partial charge in [0.25, 0.3) is 5.91 Å². The number of methoxy groups -OCH3 is 1. The van der Waals surface area contributed by atoms with Crippen molar-refractivity contribution in [1.29, 1.82) is 0 Å². The molecule has 5 heteroatoms. The van der Waals surface area contributed by atoms with Gasteiger partial charge in [-0.3, -0.25) is 4.79 Å². The molecule has 0 aliphatic carbocycles. The van der Waals surface area contributed by atoms with Crippen LogP contribution >= 0.6 is 11.3 Å². The Hall–Kier alpha value is -2.01. The minimum atomic E-state index is -0.145. The summed E-state index contributed by atoms with van der Waals surface area (Å²) in [5, 5.41) is 4.91. The van der Waals surface area contributed by atoms with Crippen LogP contribution in [0.5, 0.6) is 5.75 Å². The smallest absolute Gasteiger partial charge is 0.255 e. The van der Waals surface area contributed by atoms with Crippen molar-refractivity contribution in [3.05, 3.63) is 46.2 Å². The highest BCUT2D eigenvalue weighted by Gasteiger charge is 2.11. The van der Waals surface area contributed by atoms with Gasteiger partial charge >= 0.3 is 0 Å². The number of anilines is 1. The van der Waals surface area contributed by atoms with Crippen LogP contribution in [0.1, 0.15) is 15.2 Å². The molecule has 0 spiro atoms. The van der Waals surface area contributed by atoms with Crippen LogP contribution < -0.4 is 15.8 Å². The fourth-order valence-electron chi connectivity index (χ4n) is 1.74. The van der Waals surface area contributed by atoms with Crippen molar-refractivity contribution in [3.8, 4) is 5.75 Å². The predicted molar refractivity (Wildman–Crippen MR) is 77.8 cm³/mol. The van der Waals surface area contributed by atoms with Gasteiger partial charge < -0.3 is 15.8 Å². The maximum atomic E-state index is 12.0. The first-order valence-corrected chi connectivity index (χ1v) is 6.83. The zero-order valence-corrected chi connectivity index (χ0v) is 11.5. The van der Waals surface area contributed by atoms with Crippen LogP contribution in [0.2, 0.25) is 0 Å². The number of carbonyl (C=O) groups is 1. The van der Waals surface area contributed by atoms with Crippen LogP contribution in [0.3, 0.4) is 0 Å². The molecule has 2 aromatic rings. The lowest BCUT2D eigenvalue weighted by molar-refractivity contribution is 0.0951. The van der Waals surface area contributed by atoms with Gasteiger partial charge in [0.15, 0.2) is 0 Å². The Bertz CT molecular complexity index is 553. The summed E-state index contributed by atoms with van der Waals surface area (Å²) in [6, 6.07) is 9.07. The number of nitrogens with one attached hydrogen (secondary N) is 1. The largest absolute Gasteiger partial charge is 0.496 e. The van der Waals surface area contributed by atoms with Crippen molar-refractivity contribution in [3.63, 3.8) is 0 Å². The Morgan fingerprint density at radius 1 is 1.42 bits per heavy atom. The van der Waals surface area contributed by atoms with E-state index >= 15 is 0 Å². The fraction of sp³-hybridized carbons (Fsp3) is 0.214. The second-order valence-corrected chi connectivity index (χ2v) is 5.08.